The Morgan fingerprint density at radius 3 is 2.52 bits per heavy atom. The molecule has 1 aromatic rings. The van der Waals surface area contributed by atoms with E-state index in [1.165, 1.54) is 50.5 Å². The average molecular weight is 315 g/mol. The van der Waals surface area contributed by atoms with Gasteiger partial charge in [-0.05, 0) is 38.2 Å². The molecule has 1 heterocycles. The van der Waals surface area contributed by atoms with Gasteiger partial charge in [0.2, 0.25) is 0 Å². The zero-order valence-electron chi connectivity index (χ0n) is 14.3. The van der Waals surface area contributed by atoms with Crippen molar-refractivity contribution in [1.82, 2.24) is 4.90 Å². The average Bonchev–Trinajstić information content (AvgIpc) is 3.10. The summed E-state index contributed by atoms with van der Waals surface area (Å²) in [6, 6.07) is 8.41. The molecule has 0 bridgehead atoms. The first-order valence-electron chi connectivity index (χ1n) is 8.93. The van der Waals surface area contributed by atoms with Crippen LogP contribution in [0.25, 0.3) is 0 Å². The number of aliphatic imine (C=N–C) groups is 1. The highest BCUT2D eigenvalue weighted by Crippen LogP contribution is 2.44. The molecule has 1 saturated carbocycles. The number of para-hydroxylation sites is 1. The predicted molar refractivity (Wildman–Crippen MR) is 95.1 cm³/mol. The van der Waals surface area contributed by atoms with E-state index in [4.69, 9.17) is 15.5 Å². The quantitative estimate of drug-likeness (QED) is 0.685. The third-order valence-corrected chi connectivity index (χ3v) is 5.46. The lowest BCUT2D eigenvalue weighted by Gasteiger charge is -2.31. The van der Waals surface area contributed by atoms with Crippen molar-refractivity contribution in [1.29, 1.82) is 0 Å². The molecule has 2 fully saturated rings. The molecule has 3 rings (SSSR count). The van der Waals surface area contributed by atoms with Gasteiger partial charge in [-0.3, -0.25) is 4.99 Å². The van der Waals surface area contributed by atoms with E-state index in [1.807, 2.05) is 6.07 Å². The Bertz CT molecular complexity index is 543. The maximum atomic E-state index is 6.28. The van der Waals surface area contributed by atoms with Crippen molar-refractivity contribution in [2.45, 2.75) is 50.4 Å². The van der Waals surface area contributed by atoms with Gasteiger partial charge in [0.1, 0.15) is 5.75 Å². The molecule has 126 valence electrons. The van der Waals surface area contributed by atoms with Gasteiger partial charge in [0.25, 0.3) is 0 Å². The Labute approximate surface area is 139 Å². The number of methoxy groups -OCH3 is 1. The van der Waals surface area contributed by atoms with Gasteiger partial charge in [-0.1, -0.05) is 31.0 Å². The third-order valence-electron chi connectivity index (χ3n) is 5.46. The number of benzene rings is 1. The molecule has 0 amide bonds. The van der Waals surface area contributed by atoms with Crippen molar-refractivity contribution >= 4 is 5.96 Å². The maximum Gasteiger partial charge on any atom is 0.191 e. The Morgan fingerprint density at radius 2 is 1.83 bits per heavy atom. The highest BCUT2D eigenvalue weighted by atomic mass is 16.5. The van der Waals surface area contributed by atoms with Gasteiger partial charge in [0.15, 0.2) is 5.96 Å². The van der Waals surface area contributed by atoms with Crippen molar-refractivity contribution in [3.63, 3.8) is 0 Å². The number of hydrogen-bond acceptors (Lipinski definition) is 2. The van der Waals surface area contributed by atoms with E-state index in [0.29, 0.717) is 0 Å². The number of nitrogens with two attached hydrogens (primary N) is 1. The topological polar surface area (TPSA) is 50.9 Å². The Hall–Kier alpha value is -1.71. The van der Waals surface area contributed by atoms with E-state index < -0.39 is 0 Å². The van der Waals surface area contributed by atoms with Crippen LogP contribution in [0, 0.1) is 0 Å². The van der Waals surface area contributed by atoms with Crippen LogP contribution in [0.5, 0.6) is 5.75 Å². The van der Waals surface area contributed by atoms with Crippen molar-refractivity contribution in [3.8, 4) is 5.75 Å². The summed E-state index contributed by atoms with van der Waals surface area (Å²) in [7, 11) is 1.76. The molecule has 1 aliphatic carbocycles. The highest BCUT2D eigenvalue weighted by molar-refractivity contribution is 5.78. The van der Waals surface area contributed by atoms with Gasteiger partial charge < -0.3 is 15.4 Å². The monoisotopic (exact) mass is 315 g/mol. The minimum Gasteiger partial charge on any atom is -0.496 e. The van der Waals surface area contributed by atoms with Gasteiger partial charge in [-0.2, -0.15) is 0 Å². The van der Waals surface area contributed by atoms with E-state index in [9.17, 15) is 0 Å². The number of likely N-dealkylation sites (tertiary alicyclic amines) is 1. The largest absolute Gasteiger partial charge is 0.496 e. The molecule has 2 N–H and O–H groups in total. The summed E-state index contributed by atoms with van der Waals surface area (Å²) in [6.45, 7) is 2.88. The molecule has 23 heavy (non-hydrogen) atoms. The standard InChI is InChI=1S/C19H29N3O/c1-23-17-10-4-3-9-16(17)19(11-5-6-12-19)15-21-18(20)22-13-7-2-8-14-22/h3-4,9-10H,2,5-8,11-15H2,1H3,(H2,20,21). The molecule has 1 saturated heterocycles. The van der Waals surface area contributed by atoms with E-state index in [-0.39, 0.29) is 5.41 Å². The zero-order valence-corrected chi connectivity index (χ0v) is 14.3. The minimum absolute atomic E-state index is 0.0903. The van der Waals surface area contributed by atoms with Crippen LogP contribution in [0.15, 0.2) is 29.3 Å². The molecule has 0 unspecified atom stereocenters. The van der Waals surface area contributed by atoms with Crippen LogP contribution in [-0.2, 0) is 5.41 Å². The van der Waals surface area contributed by atoms with E-state index in [2.05, 4.69) is 23.1 Å². The molecule has 2 aliphatic rings. The molecule has 4 nitrogen and oxygen atoms in total. The second-order valence-corrected chi connectivity index (χ2v) is 6.91. The lowest BCUT2D eigenvalue weighted by molar-refractivity contribution is 0.334. The fraction of sp³-hybridized carbons (Fsp3) is 0.632. The van der Waals surface area contributed by atoms with E-state index >= 15 is 0 Å². The van der Waals surface area contributed by atoms with Gasteiger partial charge in [-0.25, -0.2) is 0 Å². The fourth-order valence-electron chi connectivity index (χ4n) is 4.10. The van der Waals surface area contributed by atoms with Crippen molar-refractivity contribution in [3.05, 3.63) is 29.8 Å². The van der Waals surface area contributed by atoms with Gasteiger partial charge >= 0.3 is 0 Å². The molecule has 1 aliphatic heterocycles. The van der Waals surface area contributed by atoms with Crippen LogP contribution in [0.1, 0.15) is 50.5 Å². The lowest BCUT2D eigenvalue weighted by Crippen LogP contribution is -2.41. The first kappa shape index (κ1) is 16.2. The molecule has 0 radical (unpaired) electrons. The summed E-state index contributed by atoms with van der Waals surface area (Å²) in [5.74, 6) is 1.71. The van der Waals surface area contributed by atoms with E-state index in [1.54, 1.807) is 7.11 Å². The number of hydrogen-bond donors (Lipinski definition) is 1. The molecule has 1 aromatic carbocycles. The smallest absolute Gasteiger partial charge is 0.191 e. The second-order valence-electron chi connectivity index (χ2n) is 6.91. The zero-order chi connectivity index (χ0) is 16.1. The molecule has 0 atom stereocenters. The first-order chi connectivity index (χ1) is 11.2. The second kappa shape index (κ2) is 7.24. The van der Waals surface area contributed by atoms with Gasteiger partial charge in [-0.15, -0.1) is 0 Å². The van der Waals surface area contributed by atoms with Gasteiger partial charge in [0, 0.05) is 24.1 Å². The molecule has 0 spiro atoms. The predicted octanol–water partition coefficient (Wildman–Crippen LogP) is 3.31. The molecular weight excluding hydrogens is 286 g/mol. The Morgan fingerprint density at radius 1 is 1.13 bits per heavy atom. The maximum absolute atomic E-state index is 6.28. The summed E-state index contributed by atoms with van der Waals surface area (Å²) in [4.78, 5) is 7.06. The van der Waals surface area contributed by atoms with Crippen LogP contribution in [-0.4, -0.2) is 37.6 Å². The van der Waals surface area contributed by atoms with Crippen LogP contribution in [0.3, 0.4) is 0 Å². The van der Waals surface area contributed by atoms with Crippen LogP contribution < -0.4 is 10.5 Å². The molecule has 4 heteroatoms. The lowest BCUT2D eigenvalue weighted by atomic mass is 9.78. The Kier molecular flexibility index (Phi) is 5.09. The summed E-state index contributed by atoms with van der Waals surface area (Å²) < 4.78 is 5.62. The van der Waals surface area contributed by atoms with Crippen molar-refractivity contribution in [2.75, 3.05) is 26.7 Å². The first-order valence-corrected chi connectivity index (χ1v) is 8.93. The Balaban J connectivity index is 1.81. The molecular formula is C19H29N3O. The summed E-state index contributed by atoms with van der Waals surface area (Å²) in [5.41, 5.74) is 7.67. The number of ether oxygens (including phenoxy) is 1. The van der Waals surface area contributed by atoms with Gasteiger partial charge in [0.05, 0.1) is 13.7 Å². The number of piperidine rings is 1. The van der Waals surface area contributed by atoms with Crippen LogP contribution in [0.2, 0.25) is 0 Å². The van der Waals surface area contributed by atoms with E-state index in [0.717, 1.165) is 31.3 Å². The highest BCUT2D eigenvalue weighted by Gasteiger charge is 2.37. The third kappa shape index (κ3) is 3.46. The summed E-state index contributed by atoms with van der Waals surface area (Å²) in [6.07, 6.45) is 8.64. The summed E-state index contributed by atoms with van der Waals surface area (Å²) in [5, 5.41) is 0. The normalized spacial score (nSPS) is 21.4. The number of nitrogens with zero attached hydrogens (tertiary/aromatic N) is 2. The van der Waals surface area contributed by atoms with Crippen molar-refractivity contribution < 1.29 is 4.74 Å². The number of rotatable bonds is 4. The van der Waals surface area contributed by atoms with Crippen LogP contribution in [0.4, 0.5) is 0 Å². The van der Waals surface area contributed by atoms with Crippen molar-refractivity contribution in [2.24, 2.45) is 10.7 Å². The summed E-state index contributed by atoms with van der Waals surface area (Å²) >= 11 is 0. The van der Waals surface area contributed by atoms with Crippen LogP contribution >= 0.6 is 0 Å². The minimum atomic E-state index is 0.0903. The SMILES string of the molecule is COc1ccccc1C1(CN=C(N)N2CCCCC2)CCCC1. The fourth-order valence-corrected chi connectivity index (χ4v) is 4.10. The number of guanidine groups is 1. The molecule has 0 aromatic heterocycles.